The number of nitrogens with zero attached hydrogens (tertiary/aromatic N) is 5. The topological polar surface area (TPSA) is 87.4 Å². The number of urea groups is 1. The number of rotatable bonds is 4. The highest BCUT2D eigenvalue weighted by Crippen LogP contribution is 2.39. The molecule has 3 fully saturated rings. The molecule has 1 aliphatic carbocycles. The summed E-state index contributed by atoms with van der Waals surface area (Å²) in [6.45, 7) is 5.26. The van der Waals surface area contributed by atoms with Crippen molar-refractivity contribution in [2.24, 2.45) is 0 Å². The van der Waals surface area contributed by atoms with Crippen LogP contribution in [0.4, 0.5) is 10.6 Å². The second-order valence-corrected chi connectivity index (χ2v) is 9.99. The number of aromatic nitrogens is 3. The van der Waals surface area contributed by atoms with Crippen LogP contribution in [0.1, 0.15) is 67.6 Å². The van der Waals surface area contributed by atoms with Gasteiger partial charge in [-0.25, -0.2) is 9.78 Å². The molecule has 2 aromatic heterocycles. The summed E-state index contributed by atoms with van der Waals surface area (Å²) in [5.74, 6) is 3.11. The molecule has 1 atom stereocenters. The molecule has 2 aliphatic heterocycles. The molecule has 1 aromatic carbocycles. The first-order valence-electron chi connectivity index (χ1n) is 12.7. The number of piperidine rings is 2. The first-order chi connectivity index (χ1) is 16.7. The highest BCUT2D eigenvalue weighted by molar-refractivity contribution is 6.03. The average Bonchev–Trinajstić information content (AvgIpc) is 3.61. The number of aryl methyl sites for hydroxylation is 1. The number of pyridine rings is 1. The second kappa shape index (κ2) is 8.98. The second-order valence-electron chi connectivity index (χ2n) is 9.99. The maximum absolute atomic E-state index is 14.0. The van der Waals surface area contributed by atoms with Crippen LogP contribution < -0.4 is 10.2 Å². The summed E-state index contributed by atoms with van der Waals surface area (Å²) in [5.41, 5.74) is 1.14. The molecule has 6 rings (SSSR count). The molecule has 0 spiro atoms. The molecule has 0 unspecified atom stereocenters. The summed E-state index contributed by atoms with van der Waals surface area (Å²) in [4.78, 5) is 27.4. The lowest BCUT2D eigenvalue weighted by Gasteiger charge is -2.39. The van der Waals surface area contributed by atoms with Gasteiger partial charge in [0, 0.05) is 43.1 Å². The first kappa shape index (κ1) is 21.5. The normalized spacial score (nSPS) is 21.7. The predicted octanol–water partition coefficient (Wildman–Crippen LogP) is 4.36. The minimum Gasteiger partial charge on any atom is -0.339 e. The minimum absolute atomic E-state index is 0.0552. The number of amides is 2. The van der Waals surface area contributed by atoms with E-state index in [9.17, 15) is 4.79 Å². The third kappa shape index (κ3) is 4.04. The van der Waals surface area contributed by atoms with Gasteiger partial charge in [-0.05, 0) is 69.0 Å². The number of hydrogen-bond acceptors (Lipinski definition) is 6. The molecule has 1 N–H and O–H groups in total. The molecular weight excluding hydrogens is 428 g/mol. The highest BCUT2D eigenvalue weighted by Gasteiger charge is 2.36. The van der Waals surface area contributed by atoms with Crippen molar-refractivity contribution in [2.45, 2.75) is 63.3 Å². The monoisotopic (exact) mass is 460 g/mol. The van der Waals surface area contributed by atoms with Crippen LogP contribution in [0.2, 0.25) is 0 Å². The Morgan fingerprint density at radius 2 is 1.97 bits per heavy atom. The van der Waals surface area contributed by atoms with Crippen LogP contribution >= 0.6 is 0 Å². The zero-order valence-electron chi connectivity index (χ0n) is 19.7. The summed E-state index contributed by atoms with van der Waals surface area (Å²) in [5, 5.41) is 9.85. The van der Waals surface area contributed by atoms with Gasteiger partial charge in [0.1, 0.15) is 5.82 Å². The molecule has 1 saturated carbocycles. The Morgan fingerprint density at radius 1 is 1.12 bits per heavy atom. The molecule has 34 heavy (non-hydrogen) atoms. The lowest BCUT2D eigenvalue weighted by atomic mass is 9.96. The number of fused-ring (bicyclic) bond motifs is 1. The Balaban J connectivity index is 1.25. The van der Waals surface area contributed by atoms with Gasteiger partial charge in [0.2, 0.25) is 5.89 Å². The number of anilines is 1. The largest absolute Gasteiger partial charge is 0.339 e. The number of likely N-dealkylation sites (tertiary alicyclic amines) is 1. The van der Waals surface area contributed by atoms with E-state index in [2.05, 4.69) is 40.6 Å². The van der Waals surface area contributed by atoms with E-state index < -0.39 is 0 Å². The summed E-state index contributed by atoms with van der Waals surface area (Å²) in [6.07, 6.45) is 7.88. The Labute approximate surface area is 199 Å². The smallest absolute Gasteiger partial charge is 0.325 e. The quantitative estimate of drug-likeness (QED) is 0.622. The molecule has 3 aliphatic rings. The van der Waals surface area contributed by atoms with Gasteiger partial charge in [-0.15, -0.1) is 0 Å². The lowest BCUT2D eigenvalue weighted by Crippen LogP contribution is -2.55. The standard InChI is InChI=1S/C26H32N6O2/c1-17-4-2-5-18-9-13-28-24(22(17)18)32(21-6-3-12-27-16-21)26(33)31-14-10-20(11-15-31)25-29-23(30-34-25)19-7-8-19/h2,4-5,9,13,19-21,27H,3,6-8,10-12,14-16H2,1H3/t21-/m1/s1. The van der Waals surface area contributed by atoms with Crippen LogP contribution in [0.25, 0.3) is 10.8 Å². The van der Waals surface area contributed by atoms with Crippen molar-refractivity contribution < 1.29 is 9.32 Å². The first-order valence-corrected chi connectivity index (χ1v) is 12.7. The maximum atomic E-state index is 14.0. The highest BCUT2D eigenvalue weighted by atomic mass is 16.5. The van der Waals surface area contributed by atoms with Gasteiger partial charge in [0.15, 0.2) is 5.82 Å². The Morgan fingerprint density at radius 3 is 2.74 bits per heavy atom. The van der Waals surface area contributed by atoms with Crippen LogP contribution in [0, 0.1) is 6.92 Å². The van der Waals surface area contributed by atoms with Crippen molar-refractivity contribution in [3.8, 4) is 0 Å². The van der Waals surface area contributed by atoms with Crippen LogP contribution in [0.5, 0.6) is 0 Å². The summed E-state index contributed by atoms with van der Waals surface area (Å²) in [6, 6.07) is 8.43. The predicted molar refractivity (Wildman–Crippen MR) is 130 cm³/mol. The zero-order chi connectivity index (χ0) is 23.1. The fraction of sp³-hybridized carbons (Fsp3) is 0.538. The van der Waals surface area contributed by atoms with Crippen LogP contribution in [-0.4, -0.2) is 58.3 Å². The van der Waals surface area contributed by atoms with E-state index in [4.69, 9.17) is 9.51 Å². The Hall–Kier alpha value is -3.00. The van der Waals surface area contributed by atoms with E-state index in [0.29, 0.717) is 19.0 Å². The lowest BCUT2D eigenvalue weighted by molar-refractivity contribution is 0.177. The Bertz CT molecular complexity index is 1170. The molecule has 2 amide bonds. The maximum Gasteiger partial charge on any atom is 0.325 e. The number of hydrogen-bond donors (Lipinski definition) is 1. The summed E-state index contributed by atoms with van der Waals surface area (Å²) >= 11 is 0. The number of benzene rings is 1. The van der Waals surface area contributed by atoms with E-state index in [1.807, 2.05) is 22.1 Å². The minimum atomic E-state index is 0.0552. The number of carbonyl (C=O) groups excluding carboxylic acids is 1. The Kier molecular flexibility index (Phi) is 5.69. The number of nitrogens with one attached hydrogen (secondary N) is 1. The van der Waals surface area contributed by atoms with Crippen molar-refractivity contribution >= 4 is 22.6 Å². The van der Waals surface area contributed by atoms with Gasteiger partial charge in [0.05, 0.1) is 6.04 Å². The van der Waals surface area contributed by atoms with Crippen LogP contribution in [-0.2, 0) is 0 Å². The SMILES string of the molecule is Cc1cccc2ccnc(N(C(=O)N3CCC(c4nc(C5CC5)no4)CC3)[C@@H]3CCCNC3)c12. The molecule has 0 radical (unpaired) electrons. The van der Waals surface area contributed by atoms with E-state index in [-0.39, 0.29) is 18.0 Å². The number of carbonyl (C=O) groups is 1. The summed E-state index contributed by atoms with van der Waals surface area (Å²) < 4.78 is 5.58. The average molecular weight is 461 g/mol. The molecule has 2 saturated heterocycles. The van der Waals surface area contributed by atoms with Gasteiger partial charge < -0.3 is 14.7 Å². The fourth-order valence-electron chi connectivity index (χ4n) is 5.43. The van der Waals surface area contributed by atoms with Crippen molar-refractivity contribution in [3.63, 3.8) is 0 Å². The van der Waals surface area contributed by atoms with Crippen molar-refractivity contribution in [2.75, 3.05) is 31.1 Å². The van der Waals surface area contributed by atoms with Gasteiger partial charge in [0.25, 0.3) is 0 Å². The van der Waals surface area contributed by atoms with Gasteiger partial charge in [-0.2, -0.15) is 4.98 Å². The van der Waals surface area contributed by atoms with Crippen LogP contribution in [0.15, 0.2) is 35.0 Å². The zero-order valence-corrected chi connectivity index (χ0v) is 19.7. The van der Waals surface area contributed by atoms with E-state index in [1.54, 1.807) is 0 Å². The molecule has 8 heteroatoms. The third-order valence-electron chi connectivity index (χ3n) is 7.56. The molecule has 4 heterocycles. The molecule has 178 valence electrons. The van der Waals surface area contributed by atoms with Crippen LogP contribution in [0.3, 0.4) is 0 Å². The molecule has 8 nitrogen and oxygen atoms in total. The van der Waals surface area contributed by atoms with E-state index in [0.717, 1.165) is 72.6 Å². The van der Waals surface area contributed by atoms with E-state index in [1.165, 1.54) is 12.8 Å². The molecule has 3 aromatic rings. The van der Waals surface area contributed by atoms with Crippen molar-refractivity contribution in [1.82, 2.24) is 25.3 Å². The third-order valence-corrected chi connectivity index (χ3v) is 7.56. The van der Waals surface area contributed by atoms with Gasteiger partial charge in [-0.3, -0.25) is 4.90 Å². The van der Waals surface area contributed by atoms with Crippen molar-refractivity contribution in [1.29, 1.82) is 0 Å². The van der Waals surface area contributed by atoms with Gasteiger partial charge in [-0.1, -0.05) is 23.4 Å². The summed E-state index contributed by atoms with van der Waals surface area (Å²) in [7, 11) is 0. The molecular formula is C26H32N6O2. The molecule has 0 bridgehead atoms. The fourth-order valence-corrected chi connectivity index (χ4v) is 5.43. The van der Waals surface area contributed by atoms with Gasteiger partial charge >= 0.3 is 6.03 Å². The van der Waals surface area contributed by atoms with E-state index >= 15 is 0 Å². The van der Waals surface area contributed by atoms with Crippen molar-refractivity contribution in [3.05, 3.63) is 47.7 Å².